The molecule has 2 N–H and O–H groups in total. The second-order valence-corrected chi connectivity index (χ2v) is 7.85. The quantitative estimate of drug-likeness (QED) is 0.810. The minimum atomic E-state index is -0.118. The van der Waals surface area contributed by atoms with E-state index >= 15 is 0 Å². The summed E-state index contributed by atoms with van der Waals surface area (Å²) in [6.07, 6.45) is 5.75. The highest BCUT2D eigenvalue weighted by Crippen LogP contribution is 2.26. The summed E-state index contributed by atoms with van der Waals surface area (Å²) >= 11 is 0. The van der Waals surface area contributed by atoms with E-state index in [2.05, 4.69) is 34.9 Å². The van der Waals surface area contributed by atoms with E-state index in [9.17, 15) is 10.2 Å². The number of piperidine rings is 1. The molecule has 0 radical (unpaired) electrons. The molecular formula is C18H32N4O2. The van der Waals surface area contributed by atoms with Crippen molar-refractivity contribution in [2.24, 2.45) is 11.8 Å². The smallest absolute Gasteiger partial charge is 0.0564 e. The highest BCUT2D eigenvalue weighted by molar-refractivity contribution is 5.05. The van der Waals surface area contributed by atoms with Gasteiger partial charge in [-0.1, -0.05) is 0 Å². The normalized spacial score (nSPS) is 27.4. The third-order valence-electron chi connectivity index (χ3n) is 5.53. The predicted molar refractivity (Wildman–Crippen MR) is 93.6 cm³/mol. The largest absolute Gasteiger partial charge is 0.396 e. The fraction of sp³-hybridized carbons (Fsp3) is 0.833. The van der Waals surface area contributed by atoms with Gasteiger partial charge in [0, 0.05) is 63.7 Å². The van der Waals surface area contributed by atoms with E-state index in [0.717, 1.165) is 52.1 Å². The van der Waals surface area contributed by atoms with Gasteiger partial charge in [-0.3, -0.25) is 9.58 Å². The molecule has 24 heavy (non-hydrogen) atoms. The zero-order valence-corrected chi connectivity index (χ0v) is 15.0. The molecule has 0 aliphatic carbocycles. The van der Waals surface area contributed by atoms with E-state index in [1.165, 1.54) is 5.56 Å². The second-order valence-electron chi connectivity index (χ2n) is 7.85. The van der Waals surface area contributed by atoms with Gasteiger partial charge in [-0.05, 0) is 38.5 Å². The average molecular weight is 336 g/mol. The van der Waals surface area contributed by atoms with E-state index < -0.39 is 0 Å². The fourth-order valence-corrected chi connectivity index (χ4v) is 4.01. The summed E-state index contributed by atoms with van der Waals surface area (Å²) in [4.78, 5) is 4.91. The van der Waals surface area contributed by atoms with Crippen molar-refractivity contribution in [2.45, 2.75) is 45.4 Å². The molecule has 0 aromatic carbocycles. The molecular weight excluding hydrogens is 304 g/mol. The third-order valence-corrected chi connectivity index (χ3v) is 5.53. The third kappa shape index (κ3) is 4.36. The van der Waals surface area contributed by atoms with E-state index in [4.69, 9.17) is 0 Å². The Labute approximate surface area is 145 Å². The molecule has 6 heteroatoms. The van der Waals surface area contributed by atoms with Crippen LogP contribution in [0.1, 0.15) is 38.3 Å². The van der Waals surface area contributed by atoms with Crippen molar-refractivity contribution in [3.05, 3.63) is 18.0 Å². The second kappa shape index (κ2) is 7.95. The van der Waals surface area contributed by atoms with Gasteiger partial charge in [0.25, 0.3) is 0 Å². The van der Waals surface area contributed by atoms with Crippen LogP contribution in [0.25, 0.3) is 0 Å². The van der Waals surface area contributed by atoms with Crippen molar-refractivity contribution in [1.29, 1.82) is 0 Å². The van der Waals surface area contributed by atoms with Gasteiger partial charge in [0.15, 0.2) is 0 Å². The lowest BCUT2D eigenvalue weighted by molar-refractivity contribution is 0.0684. The summed E-state index contributed by atoms with van der Waals surface area (Å²) in [5.74, 6) is 0.877. The van der Waals surface area contributed by atoms with Crippen LogP contribution in [0.15, 0.2) is 12.4 Å². The van der Waals surface area contributed by atoms with Gasteiger partial charge in [-0.25, -0.2) is 0 Å². The summed E-state index contributed by atoms with van der Waals surface area (Å²) < 4.78 is 2.01. The number of rotatable bonds is 6. The maximum Gasteiger partial charge on any atom is 0.0564 e. The zero-order valence-electron chi connectivity index (χ0n) is 15.0. The van der Waals surface area contributed by atoms with Crippen LogP contribution in [0.2, 0.25) is 0 Å². The van der Waals surface area contributed by atoms with Gasteiger partial charge in [-0.2, -0.15) is 5.10 Å². The molecule has 1 aromatic heterocycles. The molecule has 3 heterocycles. The summed E-state index contributed by atoms with van der Waals surface area (Å²) in [7, 11) is 0. The van der Waals surface area contributed by atoms with Crippen LogP contribution in [0.4, 0.5) is 0 Å². The Kier molecular flexibility index (Phi) is 5.92. The Morgan fingerprint density at radius 3 is 2.50 bits per heavy atom. The molecule has 2 aliphatic heterocycles. The summed E-state index contributed by atoms with van der Waals surface area (Å²) in [5, 5.41) is 23.8. The number of hydrogen-bond donors (Lipinski definition) is 2. The first-order valence-corrected chi connectivity index (χ1v) is 9.31. The molecule has 3 rings (SSSR count). The molecule has 136 valence electrons. The summed E-state index contributed by atoms with van der Waals surface area (Å²) in [5.41, 5.74) is 1.25. The van der Waals surface area contributed by atoms with Gasteiger partial charge in [0.2, 0.25) is 0 Å². The van der Waals surface area contributed by atoms with Gasteiger partial charge >= 0.3 is 0 Å². The standard InChI is InChI=1S/C18H32N4O2/c1-14(2)22-9-15(7-19-22)8-21-11-16(17(12-21)13-23)10-20-5-3-18(24)4-6-20/h7,9,14,16-18,23-24H,3-6,8,10-13H2,1-2H3/t16-,17-/m1/s1. The topological polar surface area (TPSA) is 64.8 Å². The van der Waals surface area contributed by atoms with Crippen LogP contribution >= 0.6 is 0 Å². The van der Waals surface area contributed by atoms with Crippen LogP contribution in [-0.2, 0) is 6.54 Å². The molecule has 0 saturated carbocycles. The predicted octanol–water partition coefficient (Wildman–Crippen LogP) is 0.961. The summed E-state index contributed by atoms with van der Waals surface area (Å²) in [6, 6.07) is 0.393. The van der Waals surface area contributed by atoms with Crippen molar-refractivity contribution in [3.63, 3.8) is 0 Å². The minimum Gasteiger partial charge on any atom is -0.396 e. The van der Waals surface area contributed by atoms with Crippen molar-refractivity contribution in [3.8, 4) is 0 Å². The number of nitrogens with zero attached hydrogens (tertiary/aromatic N) is 4. The van der Waals surface area contributed by atoms with Crippen LogP contribution in [0.3, 0.4) is 0 Å². The number of aliphatic hydroxyl groups is 2. The van der Waals surface area contributed by atoms with Crippen molar-refractivity contribution in [1.82, 2.24) is 19.6 Å². The lowest BCUT2D eigenvalue weighted by atomic mass is 9.95. The van der Waals surface area contributed by atoms with E-state index in [-0.39, 0.29) is 12.7 Å². The molecule has 2 atom stereocenters. The van der Waals surface area contributed by atoms with Crippen molar-refractivity contribution >= 4 is 0 Å². The Hall–Kier alpha value is -0.950. The number of aliphatic hydroxyl groups excluding tert-OH is 2. The Balaban J connectivity index is 1.53. The number of aromatic nitrogens is 2. The van der Waals surface area contributed by atoms with Crippen molar-refractivity contribution < 1.29 is 10.2 Å². The first-order chi connectivity index (χ1) is 11.5. The first-order valence-electron chi connectivity index (χ1n) is 9.31. The SMILES string of the molecule is CC(C)n1cc(CN2C[C@@H](CN3CCC(O)CC3)[C@@H](CO)C2)cn1. The van der Waals surface area contributed by atoms with Crippen LogP contribution in [-0.4, -0.2) is 75.2 Å². The molecule has 1 aromatic rings. The molecule has 0 amide bonds. The van der Waals surface area contributed by atoms with Gasteiger partial charge < -0.3 is 15.1 Å². The fourth-order valence-electron chi connectivity index (χ4n) is 4.01. The molecule has 6 nitrogen and oxygen atoms in total. The Morgan fingerprint density at radius 2 is 1.88 bits per heavy atom. The molecule has 0 unspecified atom stereocenters. The molecule has 2 saturated heterocycles. The van der Waals surface area contributed by atoms with Crippen LogP contribution < -0.4 is 0 Å². The lowest BCUT2D eigenvalue weighted by Crippen LogP contribution is -2.40. The molecule has 2 aliphatic rings. The van der Waals surface area contributed by atoms with Crippen LogP contribution in [0.5, 0.6) is 0 Å². The average Bonchev–Trinajstić information content (AvgIpc) is 3.17. The van der Waals surface area contributed by atoms with Gasteiger partial charge in [0.05, 0.1) is 12.3 Å². The zero-order chi connectivity index (χ0) is 17.1. The molecule has 0 spiro atoms. The van der Waals surface area contributed by atoms with E-state index in [1.807, 2.05) is 10.9 Å². The maximum absolute atomic E-state index is 9.77. The highest BCUT2D eigenvalue weighted by Gasteiger charge is 2.34. The molecule has 2 fully saturated rings. The van der Waals surface area contributed by atoms with Gasteiger partial charge in [-0.15, -0.1) is 0 Å². The lowest BCUT2D eigenvalue weighted by Gasteiger charge is -2.32. The highest BCUT2D eigenvalue weighted by atomic mass is 16.3. The Morgan fingerprint density at radius 1 is 1.17 bits per heavy atom. The van der Waals surface area contributed by atoms with Gasteiger partial charge in [0.1, 0.15) is 0 Å². The summed E-state index contributed by atoms with van der Waals surface area (Å²) in [6.45, 7) is 10.5. The monoisotopic (exact) mass is 336 g/mol. The first kappa shape index (κ1) is 17.9. The Bertz CT molecular complexity index is 511. The number of hydrogen-bond acceptors (Lipinski definition) is 5. The van der Waals surface area contributed by atoms with E-state index in [1.54, 1.807) is 0 Å². The molecule has 0 bridgehead atoms. The van der Waals surface area contributed by atoms with Crippen molar-refractivity contribution in [2.75, 3.05) is 39.3 Å². The minimum absolute atomic E-state index is 0.118. The van der Waals surface area contributed by atoms with E-state index in [0.29, 0.717) is 17.9 Å². The maximum atomic E-state index is 9.77. The van der Waals surface area contributed by atoms with Crippen LogP contribution in [0, 0.1) is 11.8 Å². The number of likely N-dealkylation sites (tertiary alicyclic amines) is 2.